The molecule has 2 heteroatoms. The third kappa shape index (κ3) is 3.77. The number of likely N-dealkylation sites (N-methyl/N-ethyl adjacent to an activating group) is 1. The third-order valence-electron chi connectivity index (χ3n) is 3.46. The van der Waals surface area contributed by atoms with Crippen molar-refractivity contribution in [3.05, 3.63) is 59.7 Å². The van der Waals surface area contributed by atoms with E-state index in [1.54, 1.807) is 0 Å². The van der Waals surface area contributed by atoms with E-state index in [9.17, 15) is 0 Å². The van der Waals surface area contributed by atoms with Gasteiger partial charge in [-0.05, 0) is 50.1 Å². The molecule has 2 aromatic carbocycles. The number of anilines is 1. The van der Waals surface area contributed by atoms with Crippen molar-refractivity contribution in [2.45, 2.75) is 20.8 Å². The van der Waals surface area contributed by atoms with Gasteiger partial charge in [-0.25, -0.2) is 0 Å². The molecule has 0 unspecified atom stereocenters. The van der Waals surface area contributed by atoms with Crippen molar-refractivity contribution in [2.75, 3.05) is 24.6 Å². The number of hydrogen-bond donors (Lipinski definition) is 0. The van der Waals surface area contributed by atoms with E-state index in [2.05, 4.69) is 56.0 Å². The van der Waals surface area contributed by atoms with Gasteiger partial charge >= 0.3 is 0 Å². The Morgan fingerprint density at radius 1 is 1.00 bits per heavy atom. The lowest BCUT2D eigenvalue weighted by atomic mass is 10.2. The van der Waals surface area contributed by atoms with E-state index in [1.807, 2.05) is 18.2 Å². The van der Waals surface area contributed by atoms with Gasteiger partial charge in [-0.3, -0.25) is 0 Å². The number of aryl methyl sites for hydroxylation is 2. The predicted molar refractivity (Wildman–Crippen MR) is 85.7 cm³/mol. The van der Waals surface area contributed by atoms with E-state index in [-0.39, 0.29) is 0 Å². The monoisotopic (exact) mass is 269 g/mol. The molecule has 0 aliphatic carbocycles. The summed E-state index contributed by atoms with van der Waals surface area (Å²) in [5.41, 5.74) is 3.74. The first kappa shape index (κ1) is 14.4. The van der Waals surface area contributed by atoms with E-state index < -0.39 is 0 Å². The van der Waals surface area contributed by atoms with Crippen molar-refractivity contribution < 1.29 is 4.74 Å². The van der Waals surface area contributed by atoms with Crippen molar-refractivity contribution in [1.82, 2.24) is 0 Å². The van der Waals surface area contributed by atoms with Crippen LogP contribution in [0.15, 0.2) is 48.5 Å². The smallest absolute Gasteiger partial charge is 0.122 e. The highest BCUT2D eigenvalue weighted by molar-refractivity contribution is 5.48. The maximum Gasteiger partial charge on any atom is 0.122 e. The van der Waals surface area contributed by atoms with Gasteiger partial charge < -0.3 is 9.64 Å². The van der Waals surface area contributed by atoms with Crippen LogP contribution in [-0.2, 0) is 0 Å². The molecule has 0 amide bonds. The third-order valence-corrected chi connectivity index (χ3v) is 3.46. The molecule has 0 aliphatic rings. The topological polar surface area (TPSA) is 12.5 Å². The molecule has 2 rings (SSSR count). The molecule has 0 atom stereocenters. The summed E-state index contributed by atoms with van der Waals surface area (Å²) in [5.74, 6) is 0.979. The molecule has 0 N–H and O–H groups in total. The van der Waals surface area contributed by atoms with Gasteiger partial charge in [-0.15, -0.1) is 0 Å². The molecule has 106 valence electrons. The Labute approximate surface area is 122 Å². The summed E-state index contributed by atoms with van der Waals surface area (Å²) in [6.45, 7) is 8.96. The van der Waals surface area contributed by atoms with Crippen molar-refractivity contribution >= 4 is 5.69 Å². The maximum atomic E-state index is 5.88. The Hall–Kier alpha value is -1.96. The van der Waals surface area contributed by atoms with Gasteiger partial charge in [0.2, 0.25) is 0 Å². The van der Waals surface area contributed by atoms with Gasteiger partial charge in [0.25, 0.3) is 0 Å². The number of benzene rings is 2. The minimum Gasteiger partial charge on any atom is -0.491 e. The number of nitrogens with zero attached hydrogens (tertiary/aromatic N) is 1. The summed E-state index contributed by atoms with van der Waals surface area (Å²) in [5, 5.41) is 0. The second kappa shape index (κ2) is 6.99. The number of para-hydroxylation sites is 1. The second-order valence-corrected chi connectivity index (χ2v) is 5.03. The lowest BCUT2D eigenvalue weighted by Crippen LogP contribution is -2.28. The average Bonchev–Trinajstić information content (AvgIpc) is 2.45. The molecule has 0 fully saturated rings. The Balaban J connectivity index is 1.93. The summed E-state index contributed by atoms with van der Waals surface area (Å²) in [6, 6.07) is 16.8. The minimum absolute atomic E-state index is 0.701. The predicted octanol–water partition coefficient (Wildman–Crippen LogP) is 4.21. The Bertz CT molecular complexity index is 551. The molecule has 0 radical (unpaired) electrons. The van der Waals surface area contributed by atoms with Crippen LogP contribution in [0.1, 0.15) is 18.1 Å². The van der Waals surface area contributed by atoms with E-state index >= 15 is 0 Å². The van der Waals surface area contributed by atoms with Crippen LogP contribution < -0.4 is 9.64 Å². The van der Waals surface area contributed by atoms with Crippen LogP contribution in [0.2, 0.25) is 0 Å². The van der Waals surface area contributed by atoms with Crippen LogP contribution >= 0.6 is 0 Å². The van der Waals surface area contributed by atoms with E-state index in [0.29, 0.717) is 6.61 Å². The molecule has 0 spiro atoms. The molecular weight excluding hydrogens is 246 g/mol. The largest absolute Gasteiger partial charge is 0.491 e. The standard InChI is InChI=1S/C18H23NO/c1-4-19(17-10-7-8-15(2)14-17)12-13-20-18-11-6-5-9-16(18)3/h5-11,14H,4,12-13H2,1-3H3. The quantitative estimate of drug-likeness (QED) is 0.779. The molecule has 0 aliphatic heterocycles. The molecule has 0 aromatic heterocycles. The summed E-state index contributed by atoms with van der Waals surface area (Å²) >= 11 is 0. The van der Waals surface area contributed by atoms with E-state index in [0.717, 1.165) is 18.8 Å². The molecule has 0 heterocycles. The van der Waals surface area contributed by atoms with Gasteiger partial charge in [0, 0.05) is 12.2 Å². The average molecular weight is 269 g/mol. The summed E-state index contributed by atoms with van der Waals surface area (Å²) in [4.78, 5) is 2.34. The zero-order chi connectivity index (χ0) is 14.4. The molecule has 20 heavy (non-hydrogen) atoms. The molecule has 0 bridgehead atoms. The first-order chi connectivity index (χ1) is 9.70. The summed E-state index contributed by atoms with van der Waals surface area (Å²) in [7, 11) is 0. The number of ether oxygens (including phenoxy) is 1. The number of hydrogen-bond acceptors (Lipinski definition) is 2. The summed E-state index contributed by atoms with van der Waals surface area (Å²) < 4.78 is 5.88. The second-order valence-electron chi connectivity index (χ2n) is 5.03. The van der Waals surface area contributed by atoms with E-state index in [4.69, 9.17) is 4.74 Å². The van der Waals surface area contributed by atoms with Crippen LogP contribution in [0.4, 0.5) is 5.69 Å². The first-order valence-corrected chi connectivity index (χ1v) is 7.20. The number of rotatable bonds is 6. The SMILES string of the molecule is CCN(CCOc1ccccc1C)c1cccc(C)c1. The highest BCUT2D eigenvalue weighted by Crippen LogP contribution is 2.18. The first-order valence-electron chi connectivity index (χ1n) is 7.20. The molecule has 2 aromatic rings. The van der Waals surface area contributed by atoms with Crippen LogP contribution in [0.3, 0.4) is 0 Å². The van der Waals surface area contributed by atoms with Crippen LogP contribution in [-0.4, -0.2) is 19.7 Å². The lowest BCUT2D eigenvalue weighted by molar-refractivity contribution is 0.322. The molecule has 2 nitrogen and oxygen atoms in total. The summed E-state index contributed by atoms with van der Waals surface area (Å²) in [6.07, 6.45) is 0. The zero-order valence-corrected chi connectivity index (χ0v) is 12.6. The highest BCUT2D eigenvalue weighted by atomic mass is 16.5. The Kier molecular flexibility index (Phi) is 5.05. The van der Waals surface area contributed by atoms with Crippen LogP contribution in [0, 0.1) is 13.8 Å². The van der Waals surface area contributed by atoms with Crippen molar-refractivity contribution in [2.24, 2.45) is 0 Å². The normalized spacial score (nSPS) is 10.3. The lowest BCUT2D eigenvalue weighted by Gasteiger charge is -2.23. The van der Waals surface area contributed by atoms with Gasteiger partial charge in [-0.1, -0.05) is 30.3 Å². The molecule has 0 saturated carbocycles. The van der Waals surface area contributed by atoms with Gasteiger partial charge in [0.15, 0.2) is 0 Å². The van der Waals surface area contributed by atoms with Gasteiger partial charge in [0.05, 0.1) is 6.54 Å². The molecular formula is C18H23NO. The fraction of sp³-hybridized carbons (Fsp3) is 0.333. The van der Waals surface area contributed by atoms with Gasteiger partial charge in [-0.2, -0.15) is 0 Å². The zero-order valence-electron chi connectivity index (χ0n) is 12.6. The van der Waals surface area contributed by atoms with Gasteiger partial charge in [0.1, 0.15) is 12.4 Å². The fourth-order valence-corrected chi connectivity index (χ4v) is 2.28. The minimum atomic E-state index is 0.701. The molecule has 0 saturated heterocycles. The fourth-order valence-electron chi connectivity index (χ4n) is 2.28. The van der Waals surface area contributed by atoms with Crippen LogP contribution in [0.5, 0.6) is 5.75 Å². The van der Waals surface area contributed by atoms with Crippen molar-refractivity contribution in [3.8, 4) is 5.75 Å². The van der Waals surface area contributed by atoms with Crippen molar-refractivity contribution in [3.63, 3.8) is 0 Å². The Morgan fingerprint density at radius 3 is 2.50 bits per heavy atom. The highest BCUT2D eigenvalue weighted by Gasteiger charge is 2.05. The maximum absolute atomic E-state index is 5.88. The van der Waals surface area contributed by atoms with E-state index in [1.165, 1.54) is 16.8 Å². The Morgan fingerprint density at radius 2 is 1.80 bits per heavy atom. The van der Waals surface area contributed by atoms with Crippen LogP contribution in [0.25, 0.3) is 0 Å². The van der Waals surface area contributed by atoms with Crippen molar-refractivity contribution in [1.29, 1.82) is 0 Å².